The number of hydrogen-bond acceptors (Lipinski definition) is 3. The van der Waals surface area contributed by atoms with Crippen molar-refractivity contribution >= 4 is 17.3 Å². The Bertz CT molecular complexity index is 381. The van der Waals surface area contributed by atoms with Crippen LogP contribution in [-0.4, -0.2) is 30.4 Å². The van der Waals surface area contributed by atoms with Gasteiger partial charge in [-0.3, -0.25) is 9.69 Å². The van der Waals surface area contributed by atoms with Gasteiger partial charge in [0, 0.05) is 6.04 Å². The first-order chi connectivity index (χ1) is 7.91. The second-order valence-corrected chi connectivity index (χ2v) is 4.60. The number of carbonyl (C=O) groups is 1. The van der Waals surface area contributed by atoms with Crippen LogP contribution in [0.25, 0.3) is 0 Å². The average molecular weight is 235 g/mol. The highest BCUT2D eigenvalue weighted by Crippen LogP contribution is 2.22. The summed E-state index contributed by atoms with van der Waals surface area (Å²) in [5.74, 6) is -0.0396. The van der Waals surface area contributed by atoms with E-state index in [-0.39, 0.29) is 5.91 Å². The standard InChI is InChI=1S/C13H21N3O/c1-9(2)16(4)8-12(17)15-13-10(3)6-5-7-11(13)14/h5-7,9H,8,14H2,1-4H3,(H,15,17). The molecule has 0 aromatic heterocycles. The zero-order valence-electron chi connectivity index (χ0n) is 10.9. The summed E-state index contributed by atoms with van der Waals surface area (Å²) in [7, 11) is 1.92. The number of para-hydroxylation sites is 1. The van der Waals surface area contributed by atoms with Gasteiger partial charge in [0.2, 0.25) is 5.91 Å². The van der Waals surface area contributed by atoms with Gasteiger partial charge in [0.15, 0.2) is 0 Å². The Hall–Kier alpha value is -1.55. The van der Waals surface area contributed by atoms with E-state index in [1.807, 2.05) is 31.0 Å². The van der Waals surface area contributed by atoms with Crippen molar-refractivity contribution in [3.63, 3.8) is 0 Å². The lowest BCUT2D eigenvalue weighted by molar-refractivity contribution is -0.117. The number of hydrogen-bond donors (Lipinski definition) is 2. The lowest BCUT2D eigenvalue weighted by atomic mass is 10.1. The number of rotatable bonds is 4. The maximum absolute atomic E-state index is 11.8. The van der Waals surface area contributed by atoms with Crippen molar-refractivity contribution in [2.75, 3.05) is 24.6 Å². The van der Waals surface area contributed by atoms with Gasteiger partial charge in [0.25, 0.3) is 0 Å². The maximum Gasteiger partial charge on any atom is 0.238 e. The highest BCUT2D eigenvalue weighted by Gasteiger charge is 2.11. The number of nitrogens with zero attached hydrogens (tertiary/aromatic N) is 1. The molecule has 0 atom stereocenters. The van der Waals surface area contributed by atoms with Crippen LogP contribution < -0.4 is 11.1 Å². The monoisotopic (exact) mass is 235 g/mol. The Balaban J connectivity index is 2.69. The van der Waals surface area contributed by atoms with Crippen molar-refractivity contribution in [3.8, 4) is 0 Å². The fourth-order valence-corrected chi connectivity index (χ4v) is 1.45. The first-order valence-electron chi connectivity index (χ1n) is 5.77. The number of carbonyl (C=O) groups excluding carboxylic acids is 1. The molecule has 0 aliphatic rings. The normalized spacial score (nSPS) is 10.9. The lowest BCUT2D eigenvalue weighted by Gasteiger charge is -2.20. The molecule has 17 heavy (non-hydrogen) atoms. The predicted octanol–water partition coefficient (Wildman–Crippen LogP) is 1.86. The van der Waals surface area contributed by atoms with E-state index in [4.69, 9.17) is 5.73 Å². The molecule has 0 bridgehead atoms. The molecule has 1 rings (SSSR count). The SMILES string of the molecule is Cc1cccc(N)c1NC(=O)CN(C)C(C)C. The molecule has 94 valence electrons. The molecule has 1 aromatic rings. The van der Waals surface area contributed by atoms with Gasteiger partial charge in [-0.15, -0.1) is 0 Å². The van der Waals surface area contributed by atoms with E-state index in [1.54, 1.807) is 6.07 Å². The van der Waals surface area contributed by atoms with Gasteiger partial charge in [-0.1, -0.05) is 12.1 Å². The summed E-state index contributed by atoms with van der Waals surface area (Å²) in [6.07, 6.45) is 0. The molecular weight excluding hydrogens is 214 g/mol. The molecule has 1 amide bonds. The van der Waals surface area contributed by atoms with E-state index in [0.29, 0.717) is 18.3 Å². The Morgan fingerprint density at radius 3 is 2.65 bits per heavy atom. The van der Waals surface area contributed by atoms with Gasteiger partial charge < -0.3 is 11.1 Å². The van der Waals surface area contributed by atoms with Gasteiger partial charge >= 0.3 is 0 Å². The number of likely N-dealkylation sites (N-methyl/N-ethyl adjacent to an activating group) is 1. The zero-order chi connectivity index (χ0) is 13.0. The average Bonchev–Trinajstić information content (AvgIpc) is 2.23. The van der Waals surface area contributed by atoms with Crippen LogP contribution in [0.15, 0.2) is 18.2 Å². The topological polar surface area (TPSA) is 58.4 Å². The highest BCUT2D eigenvalue weighted by atomic mass is 16.2. The third-order valence-electron chi connectivity index (χ3n) is 2.84. The van der Waals surface area contributed by atoms with E-state index in [1.165, 1.54) is 0 Å². The molecule has 3 N–H and O–H groups in total. The first kappa shape index (κ1) is 13.5. The number of nitrogens with one attached hydrogen (secondary N) is 1. The summed E-state index contributed by atoms with van der Waals surface area (Å²) in [4.78, 5) is 13.8. The molecule has 0 unspecified atom stereocenters. The molecule has 0 fully saturated rings. The lowest BCUT2D eigenvalue weighted by Crippen LogP contribution is -2.35. The van der Waals surface area contributed by atoms with Gasteiger partial charge in [-0.2, -0.15) is 0 Å². The van der Waals surface area contributed by atoms with Crippen molar-refractivity contribution in [1.29, 1.82) is 0 Å². The Morgan fingerprint density at radius 1 is 1.47 bits per heavy atom. The van der Waals surface area contributed by atoms with Crippen LogP contribution in [0.1, 0.15) is 19.4 Å². The number of nitrogens with two attached hydrogens (primary N) is 1. The second kappa shape index (κ2) is 5.68. The van der Waals surface area contributed by atoms with Crippen LogP contribution in [-0.2, 0) is 4.79 Å². The van der Waals surface area contributed by atoms with Crippen molar-refractivity contribution in [3.05, 3.63) is 23.8 Å². The fraction of sp³-hybridized carbons (Fsp3) is 0.462. The number of amides is 1. The molecule has 4 nitrogen and oxygen atoms in total. The van der Waals surface area contributed by atoms with Crippen molar-refractivity contribution < 1.29 is 4.79 Å². The zero-order valence-corrected chi connectivity index (χ0v) is 10.9. The number of nitrogen functional groups attached to an aromatic ring is 1. The van der Waals surface area contributed by atoms with E-state index < -0.39 is 0 Å². The summed E-state index contributed by atoms with van der Waals surface area (Å²) in [5.41, 5.74) is 8.13. The molecule has 0 aliphatic carbocycles. The van der Waals surface area contributed by atoms with Crippen molar-refractivity contribution in [2.24, 2.45) is 0 Å². The smallest absolute Gasteiger partial charge is 0.238 e. The molecule has 4 heteroatoms. The third kappa shape index (κ3) is 3.75. The molecule has 0 heterocycles. The molecule has 0 saturated carbocycles. The summed E-state index contributed by atoms with van der Waals surface area (Å²) < 4.78 is 0. The third-order valence-corrected chi connectivity index (χ3v) is 2.84. The molecule has 0 aliphatic heterocycles. The molecule has 0 radical (unpaired) electrons. The summed E-state index contributed by atoms with van der Waals surface area (Å²) in [6.45, 7) is 6.40. The summed E-state index contributed by atoms with van der Waals surface area (Å²) >= 11 is 0. The molecular formula is C13H21N3O. The van der Waals surface area contributed by atoms with Crippen molar-refractivity contribution in [2.45, 2.75) is 26.8 Å². The quantitative estimate of drug-likeness (QED) is 0.783. The molecule has 0 spiro atoms. The van der Waals surface area contributed by atoms with Crippen LogP contribution in [0.5, 0.6) is 0 Å². The Kier molecular flexibility index (Phi) is 4.52. The molecule has 1 aromatic carbocycles. The van der Waals surface area contributed by atoms with Crippen molar-refractivity contribution in [1.82, 2.24) is 4.90 Å². The highest BCUT2D eigenvalue weighted by molar-refractivity contribution is 5.96. The van der Waals surface area contributed by atoms with E-state index in [0.717, 1.165) is 11.3 Å². The minimum atomic E-state index is -0.0396. The van der Waals surface area contributed by atoms with Gasteiger partial charge in [0.1, 0.15) is 0 Å². The van der Waals surface area contributed by atoms with Gasteiger partial charge in [0.05, 0.1) is 17.9 Å². The van der Waals surface area contributed by atoms with Crippen LogP contribution in [0, 0.1) is 6.92 Å². The van der Waals surface area contributed by atoms with E-state index >= 15 is 0 Å². The predicted molar refractivity (Wildman–Crippen MR) is 72.0 cm³/mol. The fourth-order valence-electron chi connectivity index (χ4n) is 1.45. The Morgan fingerprint density at radius 2 is 2.12 bits per heavy atom. The Labute approximate surface area is 103 Å². The van der Waals surface area contributed by atoms with Gasteiger partial charge in [-0.05, 0) is 39.4 Å². The van der Waals surface area contributed by atoms with Gasteiger partial charge in [-0.25, -0.2) is 0 Å². The summed E-state index contributed by atoms with van der Waals surface area (Å²) in [5, 5.41) is 2.86. The number of anilines is 2. The van der Waals surface area contributed by atoms with Crippen LogP contribution >= 0.6 is 0 Å². The number of benzene rings is 1. The summed E-state index contributed by atoms with van der Waals surface area (Å²) in [6, 6.07) is 5.93. The van der Waals surface area contributed by atoms with E-state index in [9.17, 15) is 4.79 Å². The van der Waals surface area contributed by atoms with E-state index in [2.05, 4.69) is 19.2 Å². The largest absolute Gasteiger partial charge is 0.397 e. The minimum absolute atomic E-state index is 0.0396. The molecule has 0 saturated heterocycles. The maximum atomic E-state index is 11.8. The van der Waals surface area contributed by atoms with Crippen LogP contribution in [0.4, 0.5) is 11.4 Å². The first-order valence-corrected chi connectivity index (χ1v) is 5.77. The van der Waals surface area contributed by atoms with Crippen LogP contribution in [0.2, 0.25) is 0 Å². The minimum Gasteiger partial charge on any atom is -0.397 e. The second-order valence-electron chi connectivity index (χ2n) is 4.60. The van der Waals surface area contributed by atoms with Crippen LogP contribution in [0.3, 0.4) is 0 Å². The number of aryl methyl sites for hydroxylation is 1.